The number of methoxy groups -OCH3 is 1. The molecule has 0 saturated carbocycles. The van der Waals surface area contributed by atoms with Gasteiger partial charge in [0.25, 0.3) is 5.56 Å². The van der Waals surface area contributed by atoms with Crippen LogP contribution < -0.4 is 15.6 Å². The Kier molecular flexibility index (Phi) is 7.55. The summed E-state index contributed by atoms with van der Waals surface area (Å²) in [7, 11) is 1.57. The molecule has 12 heteroatoms. The minimum atomic E-state index is -0.796. The van der Waals surface area contributed by atoms with Crippen molar-refractivity contribution in [2.75, 3.05) is 12.4 Å². The smallest absolute Gasteiger partial charge is 0.414 e. The molecule has 1 unspecified atom stereocenters. The van der Waals surface area contributed by atoms with Crippen LogP contribution in [-0.2, 0) is 20.8 Å². The SMILES string of the molecule is CC[C@H]1O[C@@H](n2cnc3c(=O)[nH]c(NC(=O)OCc4ccc(OC)cc4)nc32)CC1OC(=O)c1ccccc1. The number of amides is 1. The lowest BCUT2D eigenvalue weighted by Crippen LogP contribution is -2.26. The van der Waals surface area contributed by atoms with Crippen LogP contribution in [0.15, 0.2) is 65.7 Å². The molecule has 2 aromatic heterocycles. The fraction of sp³-hybridized carbons (Fsp3) is 0.296. The second-order valence-electron chi connectivity index (χ2n) is 8.87. The highest BCUT2D eigenvalue weighted by molar-refractivity contribution is 5.89. The fourth-order valence-electron chi connectivity index (χ4n) is 4.34. The second kappa shape index (κ2) is 11.4. The van der Waals surface area contributed by atoms with Gasteiger partial charge in [-0.05, 0) is 36.2 Å². The van der Waals surface area contributed by atoms with Gasteiger partial charge in [-0.15, -0.1) is 0 Å². The van der Waals surface area contributed by atoms with Gasteiger partial charge in [-0.25, -0.2) is 14.6 Å². The van der Waals surface area contributed by atoms with Crippen LogP contribution >= 0.6 is 0 Å². The Morgan fingerprint density at radius 2 is 1.92 bits per heavy atom. The summed E-state index contributed by atoms with van der Waals surface area (Å²) in [6.07, 6.45) is 0.149. The number of esters is 1. The number of imidazole rings is 1. The molecule has 39 heavy (non-hydrogen) atoms. The maximum atomic E-state index is 12.7. The van der Waals surface area contributed by atoms with Crippen LogP contribution in [-0.4, -0.2) is 50.9 Å². The van der Waals surface area contributed by atoms with Crippen molar-refractivity contribution in [1.29, 1.82) is 0 Å². The summed E-state index contributed by atoms with van der Waals surface area (Å²) in [4.78, 5) is 48.7. The van der Waals surface area contributed by atoms with Crippen molar-refractivity contribution in [3.63, 3.8) is 0 Å². The Morgan fingerprint density at radius 1 is 1.15 bits per heavy atom. The van der Waals surface area contributed by atoms with E-state index in [1.54, 1.807) is 60.2 Å². The van der Waals surface area contributed by atoms with E-state index in [1.807, 2.05) is 13.0 Å². The molecule has 1 aliphatic heterocycles. The number of rotatable bonds is 8. The number of fused-ring (bicyclic) bond motifs is 1. The van der Waals surface area contributed by atoms with E-state index in [0.29, 0.717) is 24.2 Å². The Morgan fingerprint density at radius 3 is 2.64 bits per heavy atom. The first kappa shape index (κ1) is 25.9. The number of hydrogen-bond donors (Lipinski definition) is 2. The number of ether oxygens (including phenoxy) is 4. The van der Waals surface area contributed by atoms with Crippen LogP contribution in [0.2, 0.25) is 0 Å². The van der Waals surface area contributed by atoms with E-state index in [9.17, 15) is 14.4 Å². The fourth-order valence-corrected chi connectivity index (χ4v) is 4.34. The quantitative estimate of drug-likeness (QED) is 0.323. The first-order chi connectivity index (χ1) is 18.9. The highest BCUT2D eigenvalue weighted by Crippen LogP contribution is 2.34. The average molecular weight is 534 g/mol. The predicted molar refractivity (Wildman–Crippen MR) is 139 cm³/mol. The van der Waals surface area contributed by atoms with Gasteiger partial charge in [0, 0.05) is 6.42 Å². The Balaban J connectivity index is 1.28. The number of anilines is 1. The Bertz CT molecular complexity index is 1520. The summed E-state index contributed by atoms with van der Waals surface area (Å²) in [6.45, 7) is 1.95. The van der Waals surface area contributed by atoms with Crippen LogP contribution in [0.5, 0.6) is 5.75 Å². The molecule has 12 nitrogen and oxygen atoms in total. The molecule has 2 N–H and O–H groups in total. The number of hydrogen-bond acceptors (Lipinski definition) is 9. The lowest BCUT2D eigenvalue weighted by Gasteiger charge is -2.17. The molecule has 3 atom stereocenters. The number of carbonyl (C=O) groups excluding carboxylic acids is 2. The Labute approximate surface area is 222 Å². The third-order valence-corrected chi connectivity index (χ3v) is 6.34. The van der Waals surface area contributed by atoms with Crippen molar-refractivity contribution in [3.8, 4) is 5.75 Å². The van der Waals surface area contributed by atoms with E-state index in [4.69, 9.17) is 18.9 Å². The molecule has 1 saturated heterocycles. The van der Waals surface area contributed by atoms with Crippen molar-refractivity contribution in [2.24, 2.45) is 0 Å². The number of aromatic amines is 1. The molecule has 202 valence electrons. The van der Waals surface area contributed by atoms with E-state index in [-0.39, 0.29) is 29.8 Å². The maximum absolute atomic E-state index is 12.7. The minimum absolute atomic E-state index is 0.0116. The molecule has 0 aliphatic carbocycles. The zero-order chi connectivity index (χ0) is 27.4. The lowest BCUT2D eigenvalue weighted by atomic mass is 10.1. The zero-order valence-electron chi connectivity index (χ0n) is 21.3. The molecule has 0 bridgehead atoms. The van der Waals surface area contributed by atoms with E-state index in [1.165, 1.54) is 6.33 Å². The zero-order valence-corrected chi connectivity index (χ0v) is 21.3. The van der Waals surface area contributed by atoms with Gasteiger partial charge in [-0.2, -0.15) is 4.98 Å². The Hall–Kier alpha value is -4.71. The molecule has 1 amide bonds. The molecule has 5 rings (SSSR count). The molecular formula is C27H27N5O7. The molecule has 1 fully saturated rings. The molecule has 1 aliphatic rings. The molecule has 0 spiro atoms. The van der Waals surface area contributed by atoms with E-state index < -0.39 is 30.0 Å². The van der Waals surface area contributed by atoms with Gasteiger partial charge in [0.1, 0.15) is 24.7 Å². The number of nitrogens with one attached hydrogen (secondary N) is 2. The first-order valence-electron chi connectivity index (χ1n) is 12.4. The number of nitrogens with zero attached hydrogens (tertiary/aromatic N) is 3. The largest absolute Gasteiger partial charge is 0.497 e. The lowest BCUT2D eigenvalue weighted by molar-refractivity contribution is -0.0285. The van der Waals surface area contributed by atoms with Gasteiger partial charge >= 0.3 is 12.1 Å². The van der Waals surface area contributed by atoms with Gasteiger partial charge in [-0.3, -0.25) is 19.7 Å². The highest BCUT2D eigenvalue weighted by Gasteiger charge is 2.38. The van der Waals surface area contributed by atoms with Crippen LogP contribution in [0.25, 0.3) is 11.2 Å². The van der Waals surface area contributed by atoms with Crippen molar-refractivity contribution in [3.05, 3.63) is 82.4 Å². The van der Waals surface area contributed by atoms with Crippen LogP contribution in [0.4, 0.5) is 10.7 Å². The summed E-state index contributed by atoms with van der Waals surface area (Å²) in [5, 5.41) is 2.44. The van der Waals surface area contributed by atoms with Crippen LogP contribution in [0.1, 0.15) is 41.9 Å². The standard InChI is InChI=1S/C27H27N5O7/c1-3-19-20(39-25(34)17-7-5-4-6-8-17)13-21(38-19)32-15-28-22-23(32)29-26(30-24(22)33)31-27(35)37-14-16-9-11-18(36-2)12-10-16/h4-12,15,19-21H,3,13-14H2,1-2H3,(H2,29,30,31,33,35)/t19-,20?,21-/m1/s1. The molecule has 3 heterocycles. The van der Waals surface area contributed by atoms with Crippen molar-refractivity contribution < 1.29 is 28.5 Å². The van der Waals surface area contributed by atoms with E-state index >= 15 is 0 Å². The second-order valence-corrected chi connectivity index (χ2v) is 8.87. The number of benzene rings is 2. The van der Waals surface area contributed by atoms with Crippen LogP contribution in [0.3, 0.4) is 0 Å². The molecule has 4 aromatic rings. The maximum Gasteiger partial charge on any atom is 0.414 e. The predicted octanol–water partition coefficient (Wildman–Crippen LogP) is 3.80. The number of aromatic nitrogens is 4. The highest BCUT2D eigenvalue weighted by atomic mass is 16.6. The third-order valence-electron chi connectivity index (χ3n) is 6.34. The van der Waals surface area contributed by atoms with Crippen molar-refractivity contribution in [1.82, 2.24) is 19.5 Å². The summed E-state index contributed by atoms with van der Waals surface area (Å²) < 4.78 is 23.8. The van der Waals surface area contributed by atoms with E-state index in [2.05, 4.69) is 20.3 Å². The normalized spacial score (nSPS) is 18.6. The van der Waals surface area contributed by atoms with Gasteiger partial charge < -0.3 is 18.9 Å². The van der Waals surface area contributed by atoms with Crippen molar-refractivity contribution >= 4 is 29.2 Å². The number of H-pyrrole nitrogens is 1. The monoisotopic (exact) mass is 533 g/mol. The van der Waals surface area contributed by atoms with E-state index in [0.717, 1.165) is 5.56 Å². The summed E-state index contributed by atoms with van der Waals surface area (Å²) >= 11 is 0. The van der Waals surface area contributed by atoms with Gasteiger partial charge in [-0.1, -0.05) is 37.3 Å². The average Bonchev–Trinajstić information content (AvgIpc) is 3.56. The topological polar surface area (TPSA) is 147 Å². The van der Waals surface area contributed by atoms with Crippen molar-refractivity contribution in [2.45, 2.75) is 44.8 Å². The minimum Gasteiger partial charge on any atom is -0.497 e. The summed E-state index contributed by atoms with van der Waals surface area (Å²) in [5.74, 6) is 0.145. The third kappa shape index (κ3) is 5.75. The van der Waals surface area contributed by atoms with Crippen LogP contribution in [0, 0.1) is 0 Å². The molecular weight excluding hydrogens is 506 g/mol. The van der Waals surface area contributed by atoms with Gasteiger partial charge in [0.2, 0.25) is 5.95 Å². The first-order valence-corrected chi connectivity index (χ1v) is 12.4. The summed E-state index contributed by atoms with van der Waals surface area (Å²) in [6, 6.07) is 15.8. The molecule has 0 radical (unpaired) electrons. The summed E-state index contributed by atoms with van der Waals surface area (Å²) in [5.41, 5.74) is 0.952. The molecule has 2 aromatic carbocycles. The van der Waals surface area contributed by atoms with Gasteiger partial charge in [0.05, 0.1) is 25.1 Å². The van der Waals surface area contributed by atoms with Gasteiger partial charge in [0.15, 0.2) is 11.2 Å². The number of carbonyl (C=O) groups is 2.